The van der Waals surface area contributed by atoms with Gasteiger partial charge in [0.25, 0.3) is 0 Å². The standard InChI is InChI=1S/C15H11ClFNO2/c16-10-2-1-3-11(17)15(10)14-7-12(19)9-6-8(18)4-5-13(9)20-14/h1-6,14H,7,18H2. The van der Waals surface area contributed by atoms with Crippen LogP contribution in [0, 0.1) is 5.82 Å². The van der Waals surface area contributed by atoms with Gasteiger partial charge in [0.2, 0.25) is 0 Å². The lowest BCUT2D eigenvalue weighted by molar-refractivity contribution is 0.0846. The summed E-state index contributed by atoms with van der Waals surface area (Å²) >= 11 is 6.01. The molecule has 102 valence electrons. The Hall–Kier alpha value is -2.07. The summed E-state index contributed by atoms with van der Waals surface area (Å²) in [5.74, 6) is -0.211. The molecule has 1 atom stereocenters. The Bertz CT molecular complexity index is 682. The Morgan fingerprint density at radius 1 is 1.30 bits per heavy atom. The van der Waals surface area contributed by atoms with Crippen molar-refractivity contribution in [3.63, 3.8) is 0 Å². The average molecular weight is 292 g/mol. The van der Waals surface area contributed by atoms with Gasteiger partial charge < -0.3 is 10.5 Å². The highest BCUT2D eigenvalue weighted by atomic mass is 35.5. The molecule has 5 heteroatoms. The number of ketones is 1. The maximum absolute atomic E-state index is 13.9. The smallest absolute Gasteiger partial charge is 0.170 e. The minimum Gasteiger partial charge on any atom is -0.484 e. The molecular formula is C15H11ClFNO2. The lowest BCUT2D eigenvalue weighted by Crippen LogP contribution is -2.21. The largest absolute Gasteiger partial charge is 0.484 e. The van der Waals surface area contributed by atoms with Gasteiger partial charge in [-0.3, -0.25) is 4.79 Å². The highest BCUT2D eigenvalue weighted by molar-refractivity contribution is 6.31. The molecule has 0 saturated carbocycles. The molecule has 1 aliphatic heterocycles. The van der Waals surface area contributed by atoms with E-state index in [0.717, 1.165) is 0 Å². The molecule has 0 bridgehead atoms. The van der Waals surface area contributed by atoms with Crippen molar-refractivity contribution in [3.05, 3.63) is 58.4 Å². The van der Waals surface area contributed by atoms with Crippen molar-refractivity contribution in [2.45, 2.75) is 12.5 Å². The Labute approximate surface area is 120 Å². The van der Waals surface area contributed by atoms with E-state index in [1.54, 1.807) is 24.3 Å². The number of ether oxygens (including phenoxy) is 1. The van der Waals surface area contributed by atoms with Crippen LogP contribution in [-0.2, 0) is 0 Å². The van der Waals surface area contributed by atoms with Gasteiger partial charge in [0.1, 0.15) is 17.7 Å². The SMILES string of the molecule is Nc1ccc2c(c1)C(=O)CC(c1c(F)cccc1Cl)O2. The molecule has 2 aromatic carbocycles. The highest BCUT2D eigenvalue weighted by Gasteiger charge is 2.30. The summed E-state index contributed by atoms with van der Waals surface area (Å²) < 4.78 is 19.6. The van der Waals surface area contributed by atoms with Gasteiger partial charge in [-0.1, -0.05) is 17.7 Å². The Kier molecular flexibility index (Phi) is 3.10. The zero-order chi connectivity index (χ0) is 14.3. The molecule has 2 aromatic rings. The summed E-state index contributed by atoms with van der Waals surface area (Å²) in [6, 6.07) is 9.21. The van der Waals surface area contributed by atoms with Crippen molar-refractivity contribution in [2.24, 2.45) is 0 Å². The van der Waals surface area contributed by atoms with Crippen molar-refractivity contribution in [1.82, 2.24) is 0 Å². The van der Waals surface area contributed by atoms with Crippen LogP contribution in [0.15, 0.2) is 36.4 Å². The van der Waals surface area contributed by atoms with Gasteiger partial charge in [-0.25, -0.2) is 4.39 Å². The number of hydrogen-bond donors (Lipinski definition) is 1. The predicted octanol–water partition coefficient (Wildman–Crippen LogP) is 3.77. The van der Waals surface area contributed by atoms with Crippen LogP contribution in [0.1, 0.15) is 28.4 Å². The minimum atomic E-state index is -0.715. The number of carbonyl (C=O) groups excluding carboxylic acids is 1. The van der Waals surface area contributed by atoms with Crippen LogP contribution >= 0.6 is 11.6 Å². The summed E-state index contributed by atoms with van der Waals surface area (Å²) in [7, 11) is 0. The lowest BCUT2D eigenvalue weighted by Gasteiger charge is -2.26. The third-order valence-corrected chi connectivity index (χ3v) is 3.60. The highest BCUT2D eigenvalue weighted by Crippen LogP contribution is 2.38. The van der Waals surface area contributed by atoms with Crippen LogP contribution in [0.4, 0.5) is 10.1 Å². The van der Waals surface area contributed by atoms with Crippen molar-refractivity contribution >= 4 is 23.1 Å². The maximum atomic E-state index is 13.9. The number of rotatable bonds is 1. The second-order valence-corrected chi connectivity index (χ2v) is 5.03. The summed E-state index contributed by atoms with van der Waals surface area (Å²) in [4.78, 5) is 12.1. The first kappa shape index (κ1) is 12.9. The average Bonchev–Trinajstić information content (AvgIpc) is 2.39. The monoisotopic (exact) mass is 291 g/mol. The van der Waals surface area contributed by atoms with E-state index in [1.165, 1.54) is 12.1 Å². The molecule has 0 amide bonds. The van der Waals surface area contributed by atoms with Crippen molar-refractivity contribution in [2.75, 3.05) is 5.73 Å². The van der Waals surface area contributed by atoms with Gasteiger partial charge in [0.05, 0.1) is 17.0 Å². The van der Waals surface area contributed by atoms with E-state index in [-0.39, 0.29) is 22.8 Å². The van der Waals surface area contributed by atoms with Crippen LogP contribution in [0.2, 0.25) is 5.02 Å². The molecule has 0 spiro atoms. The summed E-state index contributed by atoms with van der Waals surface area (Å²) in [6.07, 6.45) is -0.677. The van der Waals surface area contributed by atoms with Crippen LogP contribution in [-0.4, -0.2) is 5.78 Å². The molecule has 1 aliphatic rings. The molecule has 2 N–H and O–H groups in total. The lowest BCUT2D eigenvalue weighted by atomic mass is 9.95. The summed E-state index contributed by atoms with van der Waals surface area (Å²) in [5, 5.41) is 0.252. The number of fused-ring (bicyclic) bond motifs is 1. The topological polar surface area (TPSA) is 52.3 Å². The van der Waals surface area contributed by atoms with Gasteiger partial charge in [0, 0.05) is 11.3 Å². The van der Waals surface area contributed by atoms with Crippen molar-refractivity contribution in [1.29, 1.82) is 0 Å². The second-order valence-electron chi connectivity index (χ2n) is 4.62. The third-order valence-electron chi connectivity index (χ3n) is 3.27. The number of hydrogen-bond acceptors (Lipinski definition) is 3. The zero-order valence-electron chi connectivity index (χ0n) is 10.4. The maximum Gasteiger partial charge on any atom is 0.170 e. The first-order valence-corrected chi connectivity index (χ1v) is 6.47. The summed E-state index contributed by atoms with van der Waals surface area (Å²) in [5.41, 5.74) is 6.78. The number of nitrogen functional groups attached to an aromatic ring is 1. The molecule has 0 aliphatic carbocycles. The summed E-state index contributed by atoms with van der Waals surface area (Å²) in [6.45, 7) is 0. The van der Waals surface area contributed by atoms with E-state index in [4.69, 9.17) is 22.1 Å². The molecule has 3 rings (SSSR count). The van der Waals surface area contributed by atoms with Gasteiger partial charge in [0.15, 0.2) is 5.78 Å². The fourth-order valence-electron chi connectivity index (χ4n) is 2.32. The van der Waals surface area contributed by atoms with Crippen LogP contribution in [0.25, 0.3) is 0 Å². The van der Waals surface area contributed by atoms with Crippen molar-refractivity contribution in [3.8, 4) is 5.75 Å². The first-order valence-electron chi connectivity index (χ1n) is 6.09. The first-order chi connectivity index (χ1) is 9.56. The van der Waals surface area contributed by atoms with E-state index >= 15 is 0 Å². The zero-order valence-corrected chi connectivity index (χ0v) is 11.2. The predicted molar refractivity (Wildman–Crippen MR) is 74.6 cm³/mol. The third kappa shape index (κ3) is 2.12. The Morgan fingerprint density at radius 2 is 2.10 bits per heavy atom. The number of anilines is 1. The van der Waals surface area contributed by atoms with Crippen molar-refractivity contribution < 1.29 is 13.9 Å². The number of nitrogens with two attached hydrogens (primary N) is 1. The number of benzene rings is 2. The van der Waals surface area contributed by atoms with E-state index in [0.29, 0.717) is 17.0 Å². The quantitative estimate of drug-likeness (QED) is 0.814. The number of Topliss-reactive ketones (excluding diaryl/α,β-unsaturated/α-hetero) is 1. The van der Waals surface area contributed by atoms with Gasteiger partial charge >= 0.3 is 0 Å². The molecule has 0 saturated heterocycles. The van der Waals surface area contributed by atoms with E-state index in [1.807, 2.05) is 0 Å². The molecule has 1 heterocycles. The van der Waals surface area contributed by atoms with E-state index < -0.39 is 11.9 Å². The van der Waals surface area contributed by atoms with E-state index in [2.05, 4.69) is 0 Å². The van der Waals surface area contributed by atoms with Crippen LogP contribution in [0.5, 0.6) is 5.75 Å². The Balaban J connectivity index is 2.04. The van der Waals surface area contributed by atoms with Crippen LogP contribution in [0.3, 0.4) is 0 Å². The van der Waals surface area contributed by atoms with E-state index in [9.17, 15) is 9.18 Å². The number of halogens is 2. The van der Waals surface area contributed by atoms with Crippen LogP contribution < -0.4 is 10.5 Å². The molecular weight excluding hydrogens is 281 g/mol. The second kappa shape index (κ2) is 4.80. The fourth-order valence-corrected chi connectivity index (χ4v) is 2.61. The normalized spacial score (nSPS) is 17.5. The molecule has 3 nitrogen and oxygen atoms in total. The molecule has 1 unspecified atom stereocenters. The number of carbonyl (C=O) groups is 1. The molecule has 0 aromatic heterocycles. The minimum absolute atomic E-state index is 0.0388. The van der Waals surface area contributed by atoms with Gasteiger partial charge in [-0.15, -0.1) is 0 Å². The molecule has 0 radical (unpaired) electrons. The van der Waals surface area contributed by atoms with Gasteiger partial charge in [-0.2, -0.15) is 0 Å². The Morgan fingerprint density at radius 3 is 2.85 bits per heavy atom. The fraction of sp³-hybridized carbons (Fsp3) is 0.133. The molecule has 20 heavy (non-hydrogen) atoms. The van der Waals surface area contributed by atoms with Gasteiger partial charge in [-0.05, 0) is 30.3 Å². The molecule has 0 fully saturated rings.